The Morgan fingerprint density at radius 2 is 1.71 bits per heavy atom. The molecule has 0 aliphatic carbocycles. The highest BCUT2D eigenvalue weighted by molar-refractivity contribution is 6.38. The molecular weight excluding hydrogens is 263 g/mol. The van der Waals surface area contributed by atoms with Gasteiger partial charge in [0, 0.05) is 18.0 Å². The summed E-state index contributed by atoms with van der Waals surface area (Å²) in [5, 5.41) is 2.72. The molecule has 2 rings (SSSR count). The van der Waals surface area contributed by atoms with Crippen LogP contribution in [0.4, 0.5) is 5.69 Å². The predicted molar refractivity (Wildman–Crippen MR) is 64.2 cm³/mol. The highest BCUT2D eigenvalue weighted by Crippen LogP contribution is 2.25. The molecule has 5 nitrogen and oxygen atoms in total. The number of amides is 1. The van der Waals surface area contributed by atoms with Crippen molar-refractivity contribution in [3.63, 3.8) is 0 Å². The first-order chi connectivity index (χ1) is 8.18. The van der Waals surface area contributed by atoms with Crippen LogP contribution in [0.5, 0.6) is 0 Å². The Labute approximate surface area is 107 Å². The monoisotopic (exact) mass is 268 g/mol. The van der Waals surface area contributed by atoms with Crippen LogP contribution in [-0.2, 0) is 0 Å². The Kier molecular flexibility index (Phi) is 3.51. The van der Waals surface area contributed by atoms with E-state index in [1.54, 1.807) is 12.1 Å². The van der Waals surface area contributed by atoms with Gasteiger partial charge in [-0.3, -0.25) is 9.78 Å². The van der Waals surface area contributed by atoms with Crippen molar-refractivity contribution in [3.05, 3.63) is 46.7 Å². The number of nitrogens with one attached hydrogen (secondary N) is 1. The lowest BCUT2D eigenvalue weighted by atomic mass is 10.2. The van der Waals surface area contributed by atoms with E-state index in [-0.39, 0.29) is 21.9 Å². The second-order valence-electron chi connectivity index (χ2n) is 3.02. The highest BCUT2D eigenvalue weighted by Gasteiger charge is 2.12. The molecule has 7 heteroatoms. The van der Waals surface area contributed by atoms with Gasteiger partial charge in [-0.15, -0.1) is 0 Å². The first-order valence-corrected chi connectivity index (χ1v) is 5.31. The van der Waals surface area contributed by atoms with Gasteiger partial charge in [-0.05, 0) is 12.1 Å². The third kappa shape index (κ3) is 2.69. The molecular formula is C10H6Cl2N4O. The fourth-order valence-corrected chi connectivity index (χ4v) is 1.55. The van der Waals surface area contributed by atoms with Gasteiger partial charge in [-0.2, -0.15) is 0 Å². The summed E-state index contributed by atoms with van der Waals surface area (Å²) in [5.41, 5.74) is 0.633. The zero-order valence-electron chi connectivity index (χ0n) is 8.39. The molecule has 0 aliphatic rings. The normalized spacial score (nSPS) is 10.0. The van der Waals surface area contributed by atoms with Gasteiger partial charge in [0.15, 0.2) is 10.3 Å². The topological polar surface area (TPSA) is 67.8 Å². The van der Waals surface area contributed by atoms with E-state index >= 15 is 0 Å². The molecule has 2 aromatic heterocycles. The van der Waals surface area contributed by atoms with E-state index in [9.17, 15) is 4.79 Å². The van der Waals surface area contributed by atoms with Gasteiger partial charge in [0.1, 0.15) is 12.0 Å². The lowest BCUT2D eigenvalue weighted by Crippen LogP contribution is -2.13. The van der Waals surface area contributed by atoms with E-state index in [1.165, 1.54) is 18.7 Å². The second kappa shape index (κ2) is 5.07. The van der Waals surface area contributed by atoms with Gasteiger partial charge in [-0.1, -0.05) is 23.2 Å². The van der Waals surface area contributed by atoms with Crippen molar-refractivity contribution in [2.75, 3.05) is 5.32 Å². The number of aromatic nitrogens is 3. The number of anilines is 1. The minimum absolute atomic E-state index is 0.0902. The van der Waals surface area contributed by atoms with Crippen molar-refractivity contribution in [1.29, 1.82) is 0 Å². The largest absolute Gasteiger partial charge is 0.317 e. The lowest BCUT2D eigenvalue weighted by Gasteiger charge is -2.07. The van der Waals surface area contributed by atoms with Crippen molar-refractivity contribution in [2.24, 2.45) is 0 Å². The molecule has 0 aromatic carbocycles. The highest BCUT2D eigenvalue weighted by atomic mass is 35.5. The molecule has 0 unspecified atom stereocenters. The number of pyridine rings is 1. The van der Waals surface area contributed by atoms with E-state index in [4.69, 9.17) is 23.2 Å². The van der Waals surface area contributed by atoms with Crippen molar-refractivity contribution >= 4 is 34.8 Å². The van der Waals surface area contributed by atoms with Crippen LogP contribution in [0.2, 0.25) is 10.3 Å². The average molecular weight is 269 g/mol. The number of hydrogen-bond acceptors (Lipinski definition) is 4. The third-order valence-corrected chi connectivity index (χ3v) is 2.51. The molecule has 0 bridgehead atoms. The van der Waals surface area contributed by atoms with E-state index in [2.05, 4.69) is 20.3 Å². The molecule has 0 aliphatic heterocycles. The van der Waals surface area contributed by atoms with E-state index in [0.29, 0.717) is 5.56 Å². The number of rotatable bonds is 2. The summed E-state index contributed by atoms with van der Waals surface area (Å²) in [4.78, 5) is 23.1. The SMILES string of the molecule is O=C(Nc1c(Cl)ncnc1Cl)c1ccncc1. The Morgan fingerprint density at radius 3 is 2.29 bits per heavy atom. The maximum absolute atomic E-state index is 11.8. The van der Waals surface area contributed by atoms with Crippen LogP contribution in [0.3, 0.4) is 0 Å². The quantitative estimate of drug-likeness (QED) is 0.850. The van der Waals surface area contributed by atoms with Crippen LogP contribution < -0.4 is 5.32 Å². The Morgan fingerprint density at radius 1 is 1.12 bits per heavy atom. The third-order valence-electron chi connectivity index (χ3n) is 1.94. The molecule has 86 valence electrons. The molecule has 1 amide bonds. The number of nitrogens with zero attached hydrogens (tertiary/aromatic N) is 3. The van der Waals surface area contributed by atoms with E-state index < -0.39 is 0 Å². The molecule has 0 saturated carbocycles. The summed E-state index contributed by atoms with van der Waals surface area (Å²) in [7, 11) is 0. The van der Waals surface area contributed by atoms with Crippen molar-refractivity contribution < 1.29 is 4.79 Å². The fraction of sp³-hybridized carbons (Fsp3) is 0. The van der Waals surface area contributed by atoms with Gasteiger partial charge < -0.3 is 5.32 Å². The number of carbonyl (C=O) groups excluding carboxylic acids is 1. The maximum Gasteiger partial charge on any atom is 0.255 e. The predicted octanol–water partition coefficient (Wildman–Crippen LogP) is 2.43. The summed E-state index contributed by atoms with van der Waals surface area (Å²) < 4.78 is 0. The molecule has 0 spiro atoms. The Hall–Kier alpha value is -1.72. The summed E-state index contributed by atoms with van der Waals surface area (Å²) >= 11 is 11.6. The number of hydrogen-bond donors (Lipinski definition) is 1. The van der Waals surface area contributed by atoms with Crippen LogP contribution in [0.1, 0.15) is 10.4 Å². The standard InChI is InChI=1S/C10H6Cl2N4O/c11-8-7(9(12)15-5-14-8)16-10(17)6-1-3-13-4-2-6/h1-5H,(H,16,17). The van der Waals surface area contributed by atoms with Crippen molar-refractivity contribution in [2.45, 2.75) is 0 Å². The smallest absolute Gasteiger partial charge is 0.255 e. The first-order valence-electron chi connectivity index (χ1n) is 4.56. The lowest BCUT2D eigenvalue weighted by molar-refractivity contribution is 0.102. The Bertz CT molecular complexity index is 527. The van der Waals surface area contributed by atoms with Crippen LogP contribution >= 0.6 is 23.2 Å². The van der Waals surface area contributed by atoms with Gasteiger partial charge in [0.05, 0.1) is 0 Å². The maximum atomic E-state index is 11.8. The van der Waals surface area contributed by atoms with Gasteiger partial charge in [0.2, 0.25) is 0 Å². The molecule has 0 fully saturated rings. The zero-order valence-corrected chi connectivity index (χ0v) is 9.90. The van der Waals surface area contributed by atoms with Crippen LogP contribution in [-0.4, -0.2) is 20.9 Å². The molecule has 0 saturated heterocycles. The summed E-state index contributed by atoms with van der Waals surface area (Å²) in [6.45, 7) is 0. The van der Waals surface area contributed by atoms with Crippen LogP contribution in [0, 0.1) is 0 Å². The average Bonchev–Trinajstić information content (AvgIpc) is 2.35. The minimum atomic E-state index is -0.356. The summed E-state index contributed by atoms with van der Waals surface area (Å²) in [6.07, 6.45) is 4.24. The number of carbonyl (C=O) groups is 1. The molecule has 0 radical (unpaired) electrons. The van der Waals surface area contributed by atoms with Crippen molar-refractivity contribution in [3.8, 4) is 0 Å². The van der Waals surface area contributed by atoms with Crippen LogP contribution in [0.25, 0.3) is 0 Å². The fourth-order valence-electron chi connectivity index (χ4n) is 1.14. The van der Waals surface area contributed by atoms with Crippen LogP contribution in [0.15, 0.2) is 30.9 Å². The second-order valence-corrected chi connectivity index (χ2v) is 3.74. The first kappa shape index (κ1) is 11.8. The van der Waals surface area contributed by atoms with Gasteiger partial charge in [0.25, 0.3) is 5.91 Å². The summed E-state index contributed by atoms with van der Waals surface area (Å²) in [5.74, 6) is -0.356. The molecule has 1 N–H and O–H groups in total. The molecule has 0 atom stereocenters. The Balaban J connectivity index is 2.25. The van der Waals surface area contributed by atoms with E-state index in [1.807, 2.05) is 0 Å². The van der Waals surface area contributed by atoms with Gasteiger partial charge in [-0.25, -0.2) is 9.97 Å². The van der Waals surface area contributed by atoms with E-state index in [0.717, 1.165) is 0 Å². The zero-order chi connectivity index (χ0) is 12.3. The number of halogens is 2. The van der Waals surface area contributed by atoms with Gasteiger partial charge >= 0.3 is 0 Å². The molecule has 2 aromatic rings. The van der Waals surface area contributed by atoms with Crippen molar-refractivity contribution in [1.82, 2.24) is 15.0 Å². The molecule has 17 heavy (non-hydrogen) atoms. The minimum Gasteiger partial charge on any atom is -0.317 e. The summed E-state index contributed by atoms with van der Waals surface area (Å²) in [6, 6.07) is 3.14. The molecule has 2 heterocycles.